The fourth-order valence-corrected chi connectivity index (χ4v) is 0.415. The molecule has 68 valence electrons. The highest BCUT2D eigenvalue weighted by molar-refractivity contribution is 4.78. The van der Waals surface area contributed by atoms with E-state index in [0.717, 1.165) is 0 Å². The monoisotopic (exact) mass is 168 g/mol. The van der Waals surface area contributed by atoms with E-state index < -0.39 is 0 Å². The van der Waals surface area contributed by atoms with E-state index in [-0.39, 0.29) is 0 Å². The van der Waals surface area contributed by atoms with Gasteiger partial charge in [-0.15, -0.1) is 0 Å². The first kappa shape index (κ1) is 10.4. The third-order valence-corrected chi connectivity index (χ3v) is 1.19. The number of hydrazine groups is 2. The van der Waals surface area contributed by atoms with Crippen LogP contribution in [-0.4, -0.2) is 24.1 Å². The number of rotatable bonds is 6. The van der Waals surface area contributed by atoms with Gasteiger partial charge in [0.15, 0.2) is 0 Å². The molecule has 0 bridgehead atoms. The van der Waals surface area contributed by atoms with E-state index in [0.29, 0.717) is 0 Å². The third-order valence-electron chi connectivity index (χ3n) is 1.19. The van der Waals surface area contributed by atoms with Gasteiger partial charge in [-0.2, -0.15) is 0 Å². The predicted molar refractivity (Wildman–Crippen MR) is 51.3 cm³/mol. The van der Waals surface area contributed by atoms with Crippen molar-refractivity contribution in [2.24, 2.45) is 0 Å². The standard InChI is InChI=1S/C8H16N4/c1-5-11(3)9-7-8-10-12(4)6-2/h5-10H,1-2H2,3-4H3. The van der Waals surface area contributed by atoms with Gasteiger partial charge >= 0.3 is 0 Å². The first-order valence-electron chi connectivity index (χ1n) is 3.59. The van der Waals surface area contributed by atoms with Gasteiger partial charge in [0.2, 0.25) is 0 Å². The van der Waals surface area contributed by atoms with Crippen LogP contribution in [0.4, 0.5) is 0 Å². The molecule has 0 spiro atoms. The van der Waals surface area contributed by atoms with E-state index in [1.807, 2.05) is 14.1 Å². The van der Waals surface area contributed by atoms with Gasteiger partial charge in [-0.1, -0.05) is 13.2 Å². The summed E-state index contributed by atoms with van der Waals surface area (Å²) in [6.45, 7) is 7.15. The zero-order chi connectivity index (χ0) is 9.40. The number of nitrogens with zero attached hydrogens (tertiary/aromatic N) is 2. The maximum absolute atomic E-state index is 3.57. The lowest BCUT2D eigenvalue weighted by atomic mass is 10.8. The smallest absolute Gasteiger partial charge is 0.0356 e. The second kappa shape index (κ2) is 6.15. The number of hydrogen-bond donors (Lipinski definition) is 2. The van der Waals surface area contributed by atoms with Gasteiger partial charge in [0, 0.05) is 38.9 Å². The van der Waals surface area contributed by atoms with Crippen molar-refractivity contribution in [2.45, 2.75) is 0 Å². The van der Waals surface area contributed by atoms with Gasteiger partial charge < -0.3 is 10.9 Å². The van der Waals surface area contributed by atoms with Gasteiger partial charge in [0.25, 0.3) is 0 Å². The first-order chi connectivity index (χ1) is 5.70. The second-order valence-corrected chi connectivity index (χ2v) is 2.18. The Morgan fingerprint density at radius 1 is 0.917 bits per heavy atom. The summed E-state index contributed by atoms with van der Waals surface area (Å²) in [4.78, 5) is 0. The van der Waals surface area contributed by atoms with Crippen LogP contribution in [0, 0.1) is 0 Å². The quantitative estimate of drug-likeness (QED) is 0.569. The Kier molecular flexibility index (Phi) is 5.34. The fraction of sp³-hybridized carbons (Fsp3) is 0.250. The van der Waals surface area contributed by atoms with E-state index in [1.165, 1.54) is 0 Å². The molecular weight excluding hydrogens is 152 g/mol. The molecule has 0 saturated heterocycles. The van der Waals surface area contributed by atoms with Crippen molar-refractivity contribution in [1.82, 2.24) is 20.9 Å². The van der Waals surface area contributed by atoms with Gasteiger partial charge in [0.1, 0.15) is 0 Å². The average molecular weight is 168 g/mol. The third kappa shape index (κ3) is 5.22. The molecule has 0 aromatic carbocycles. The molecule has 0 aromatic heterocycles. The van der Waals surface area contributed by atoms with E-state index in [4.69, 9.17) is 0 Å². The summed E-state index contributed by atoms with van der Waals surface area (Å²) in [6, 6.07) is 0. The summed E-state index contributed by atoms with van der Waals surface area (Å²) in [6.07, 6.45) is 6.84. The molecule has 12 heavy (non-hydrogen) atoms. The Hall–Kier alpha value is -1.58. The van der Waals surface area contributed by atoms with Crippen LogP contribution in [0.1, 0.15) is 0 Å². The van der Waals surface area contributed by atoms with E-state index in [1.54, 1.807) is 34.8 Å². The highest BCUT2D eigenvalue weighted by atomic mass is 15.5. The molecule has 4 heteroatoms. The van der Waals surface area contributed by atoms with Gasteiger partial charge in [-0.3, -0.25) is 10.0 Å². The maximum atomic E-state index is 3.57. The Balaban J connectivity index is 3.49. The molecule has 0 aliphatic rings. The van der Waals surface area contributed by atoms with Gasteiger partial charge in [-0.25, -0.2) is 0 Å². The molecular formula is C8H16N4. The fourth-order valence-electron chi connectivity index (χ4n) is 0.415. The Morgan fingerprint density at radius 2 is 1.25 bits per heavy atom. The molecule has 2 N–H and O–H groups in total. The Labute approximate surface area is 73.8 Å². The lowest BCUT2D eigenvalue weighted by molar-refractivity contribution is 0.369. The molecule has 0 aliphatic heterocycles. The summed E-state index contributed by atoms with van der Waals surface area (Å²) in [5.41, 5.74) is 5.85. The van der Waals surface area contributed by atoms with Crippen LogP contribution < -0.4 is 10.9 Å². The highest BCUT2D eigenvalue weighted by Gasteiger charge is 1.80. The van der Waals surface area contributed by atoms with E-state index in [2.05, 4.69) is 24.0 Å². The van der Waals surface area contributed by atoms with Crippen molar-refractivity contribution in [3.8, 4) is 0 Å². The molecule has 0 atom stereocenters. The lowest BCUT2D eigenvalue weighted by Crippen LogP contribution is -2.27. The summed E-state index contributed by atoms with van der Waals surface area (Å²) in [7, 11) is 3.71. The van der Waals surface area contributed by atoms with Gasteiger partial charge in [0.05, 0.1) is 0 Å². The van der Waals surface area contributed by atoms with Crippen molar-refractivity contribution in [3.05, 3.63) is 38.0 Å². The van der Waals surface area contributed by atoms with Crippen LogP contribution in [0.2, 0.25) is 0 Å². The van der Waals surface area contributed by atoms with Crippen molar-refractivity contribution in [3.63, 3.8) is 0 Å². The second-order valence-electron chi connectivity index (χ2n) is 2.18. The minimum atomic E-state index is 1.67. The van der Waals surface area contributed by atoms with Crippen LogP contribution in [-0.2, 0) is 0 Å². The maximum Gasteiger partial charge on any atom is 0.0356 e. The van der Waals surface area contributed by atoms with Gasteiger partial charge in [-0.05, 0) is 0 Å². The molecule has 0 amide bonds. The van der Waals surface area contributed by atoms with Crippen LogP contribution >= 0.6 is 0 Å². The summed E-state index contributed by atoms with van der Waals surface area (Å²) >= 11 is 0. The molecule has 0 aromatic rings. The van der Waals surface area contributed by atoms with Crippen LogP contribution in [0.15, 0.2) is 38.0 Å². The van der Waals surface area contributed by atoms with Crippen molar-refractivity contribution < 1.29 is 0 Å². The lowest BCUT2D eigenvalue weighted by Gasteiger charge is -2.14. The molecule has 0 unspecified atom stereocenters. The zero-order valence-corrected chi connectivity index (χ0v) is 7.62. The Morgan fingerprint density at radius 3 is 1.50 bits per heavy atom. The average Bonchev–Trinajstić information content (AvgIpc) is 2.11. The molecule has 0 radical (unpaired) electrons. The molecule has 0 fully saturated rings. The normalized spacial score (nSPS) is 9.17. The minimum Gasteiger partial charge on any atom is -0.305 e. The highest BCUT2D eigenvalue weighted by Crippen LogP contribution is 1.75. The number of nitrogens with one attached hydrogen (secondary N) is 2. The summed E-state index contributed by atoms with van der Waals surface area (Å²) < 4.78 is 0. The zero-order valence-electron chi connectivity index (χ0n) is 7.62. The summed E-state index contributed by atoms with van der Waals surface area (Å²) in [5, 5.41) is 3.46. The Bertz CT molecular complexity index is 146. The van der Waals surface area contributed by atoms with Crippen LogP contribution in [0.3, 0.4) is 0 Å². The molecule has 0 rings (SSSR count). The minimum absolute atomic E-state index is 1.67. The molecule has 0 heterocycles. The molecule has 0 aliphatic carbocycles. The van der Waals surface area contributed by atoms with E-state index in [9.17, 15) is 0 Å². The molecule has 0 saturated carbocycles. The molecule has 4 nitrogen and oxygen atoms in total. The number of hydrogen-bond acceptors (Lipinski definition) is 4. The first-order valence-corrected chi connectivity index (χ1v) is 3.59. The van der Waals surface area contributed by atoms with Crippen LogP contribution in [0.5, 0.6) is 0 Å². The topological polar surface area (TPSA) is 30.5 Å². The van der Waals surface area contributed by atoms with Crippen molar-refractivity contribution >= 4 is 0 Å². The van der Waals surface area contributed by atoms with E-state index >= 15 is 0 Å². The predicted octanol–water partition coefficient (Wildman–Crippen LogP) is 0.617. The SMILES string of the molecule is C=CN(C)NC=CNN(C)C=C. The van der Waals surface area contributed by atoms with Crippen molar-refractivity contribution in [1.29, 1.82) is 0 Å². The van der Waals surface area contributed by atoms with Crippen molar-refractivity contribution in [2.75, 3.05) is 14.1 Å². The van der Waals surface area contributed by atoms with Crippen LogP contribution in [0.25, 0.3) is 0 Å². The largest absolute Gasteiger partial charge is 0.305 e. The summed E-state index contributed by atoms with van der Waals surface area (Å²) in [5.74, 6) is 0.